The van der Waals surface area contributed by atoms with E-state index in [1.807, 2.05) is 6.07 Å². The van der Waals surface area contributed by atoms with Gasteiger partial charge in [0.2, 0.25) is 0 Å². The number of benzene rings is 1. The molecular formula is C13H10N4O2. The van der Waals surface area contributed by atoms with E-state index < -0.39 is 0 Å². The van der Waals surface area contributed by atoms with Gasteiger partial charge in [0.15, 0.2) is 0 Å². The van der Waals surface area contributed by atoms with Gasteiger partial charge in [0.1, 0.15) is 0 Å². The molecule has 19 heavy (non-hydrogen) atoms. The van der Waals surface area contributed by atoms with Crippen molar-refractivity contribution in [3.63, 3.8) is 0 Å². The van der Waals surface area contributed by atoms with Gasteiger partial charge in [-0.25, -0.2) is 0 Å². The summed E-state index contributed by atoms with van der Waals surface area (Å²) >= 11 is 0. The van der Waals surface area contributed by atoms with E-state index in [4.69, 9.17) is 9.78 Å². The Morgan fingerprint density at radius 1 is 1.37 bits per heavy atom. The average molecular weight is 254 g/mol. The van der Waals surface area contributed by atoms with Crippen molar-refractivity contribution in [1.29, 1.82) is 5.26 Å². The maximum Gasteiger partial charge on any atom is 0.292 e. The van der Waals surface area contributed by atoms with Crippen LogP contribution in [0.4, 0.5) is 0 Å². The van der Waals surface area contributed by atoms with E-state index in [0.717, 1.165) is 12.8 Å². The van der Waals surface area contributed by atoms with Gasteiger partial charge < -0.3 is 9.84 Å². The van der Waals surface area contributed by atoms with Crippen molar-refractivity contribution in [1.82, 2.24) is 15.5 Å². The van der Waals surface area contributed by atoms with Crippen LogP contribution in [0.5, 0.6) is 0 Å². The summed E-state index contributed by atoms with van der Waals surface area (Å²) in [4.78, 5) is 15.7. The van der Waals surface area contributed by atoms with Crippen molar-refractivity contribution in [2.75, 3.05) is 0 Å². The van der Waals surface area contributed by atoms with Crippen molar-refractivity contribution in [3.8, 4) is 17.5 Å². The van der Waals surface area contributed by atoms with Crippen molar-refractivity contribution in [2.45, 2.75) is 18.9 Å². The number of carbonyl (C=O) groups is 1. The molecule has 6 heteroatoms. The van der Waals surface area contributed by atoms with Gasteiger partial charge >= 0.3 is 0 Å². The van der Waals surface area contributed by atoms with Crippen LogP contribution in [0.1, 0.15) is 29.0 Å². The second kappa shape index (κ2) is 4.53. The molecule has 0 radical (unpaired) electrons. The lowest BCUT2D eigenvalue weighted by molar-refractivity contribution is 0.0937. The maximum absolute atomic E-state index is 11.7. The lowest BCUT2D eigenvalue weighted by atomic mass is 10.1. The van der Waals surface area contributed by atoms with Gasteiger partial charge in [-0.05, 0) is 37.1 Å². The molecule has 1 saturated carbocycles. The van der Waals surface area contributed by atoms with E-state index in [9.17, 15) is 4.79 Å². The summed E-state index contributed by atoms with van der Waals surface area (Å²) in [5.41, 5.74) is 1.23. The molecule has 3 rings (SSSR count). The van der Waals surface area contributed by atoms with Crippen LogP contribution in [0.2, 0.25) is 0 Å². The minimum Gasteiger partial charge on any atom is -0.346 e. The molecule has 1 fully saturated rings. The third-order valence-electron chi connectivity index (χ3n) is 2.80. The topological polar surface area (TPSA) is 91.8 Å². The molecule has 0 aliphatic heterocycles. The molecule has 0 unspecified atom stereocenters. The first kappa shape index (κ1) is 11.4. The number of amides is 1. The maximum atomic E-state index is 11.7. The van der Waals surface area contributed by atoms with Gasteiger partial charge in [-0.2, -0.15) is 10.2 Å². The van der Waals surface area contributed by atoms with Gasteiger partial charge in [0.25, 0.3) is 17.6 Å². The fraction of sp³-hybridized carbons (Fsp3) is 0.231. The summed E-state index contributed by atoms with van der Waals surface area (Å²) in [5, 5.41) is 15.2. The van der Waals surface area contributed by atoms with Crippen LogP contribution in [0.15, 0.2) is 28.8 Å². The smallest absolute Gasteiger partial charge is 0.292 e. The highest BCUT2D eigenvalue weighted by atomic mass is 16.5. The molecule has 6 nitrogen and oxygen atoms in total. The summed E-state index contributed by atoms with van der Waals surface area (Å²) in [7, 11) is 0. The Kier molecular flexibility index (Phi) is 2.72. The molecule has 0 bridgehead atoms. The second-order valence-electron chi connectivity index (χ2n) is 4.36. The van der Waals surface area contributed by atoms with Crippen LogP contribution in [0.3, 0.4) is 0 Å². The summed E-state index contributed by atoms with van der Waals surface area (Å²) in [6, 6.07) is 9.00. The average Bonchev–Trinajstić information content (AvgIpc) is 3.11. The highest BCUT2D eigenvalue weighted by Crippen LogP contribution is 2.20. The molecular weight excluding hydrogens is 244 g/mol. The number of carbonyl (C=O) groups excluding carboxylic acids is 1. The first-order chi connectivity index (χ1) is 9.26. The number of hydrogen-bond donors (Lipinski definition) is 1. The molecule has 1 N–H and O–H groups in total. The molecule has 0 atom stereocenters. The third-order valence-corrected chi connectivity index (χ3v) is 2.80. The lowest BCUT2D eigenvalue weighted by Gasteiger charge is -1.96. The SMILES string of the molecule is N#Cc1ccc(-c2nc(C(=O)NC3CC3)no2)cc1. The van der Waals surface area contributed by atoms with Crippen LogP contribution in [0.25, 0.3) is 11.5 Å². The summed E-state index contributed by atoms with van der Waals surface area (Å²) in [6.07, 6.45) is 2.01. The Labute approximate surface area is 109 Å². The van der Waals surface area contributed by atoms with E-state index in [0.29, 0.717) is 11.1 Å². The molecule has 1 amide bonds. The molecule has 1 aliphatic carbocycles. The van der Waals surface area contributed by atoms with Crippen LogP contribution < -0.4 is 5.32 Å². The molecule has 94 valence electrons. The fourth-order valence-electron chi connectivity index (χ4n) is 1.60. The van der Waals surface area contributed by atoms with Crippen molar-refractivity contribution in [2.24, 2.45) is 0 Å². The van der Waals surface area contributed by atoms with Crippen molar-refractivity contribution >= 4 is 5.91 Å². The number of nitriles is 1. The summed E-state index contributed by atoms with van der Waals surface area (Å²) < 4.78 is 5.04. The van der Waals surface area contributed by atoms with Crippen LogP contribution in [-0.2, 0) is 0 Å². The highest BCUT2D eigenvalue weighted by molar-refractivity contribution is 5.91. The van der Waals surface area contributed by atoms with Gasteiger partial charge in [-0.1, -0.05) is 5.16 Å². The van der Waals surface area contributed by atoms with Gasteiger partial charge in [-0.15, -0.1) is 0 Å². The lowest BCUT2D eigenvalue weighted by Crippen LogP contribution is -2.26. The van der Waals surface area contributed by atoms with Gasteiger partial charge in [0.05, 0.1) is 11.6 Å². The summed E-state index contributed by atoms with van der Waals surface area (Å²) in [5.74, 6) is -0.0113. The van der Waals surface area contributed by atoms with E-state index in [1.54, 1.807) is 24.3 Å². The largest absolute Gasteiger partial charge is 0.346 e. The number of aromatic nitrogens is 2. The Hall–Kier alpha value is -2.68. The molecule has 0 spiro atoms. The third kappa shape index (κ3) is 2.45. The number of nitrogens with zero attached hydrogens (tertiary/aromatic N) is 3. The standard InChI is InChI=1S/C13H10N4O2/c14-7-8-1-3-9(4-2-8)13-16-11(17-19-13)12(18)15-10-5-6-10/h1-4,10H,5-6H2,(H,15,18). The van der Waals surface area contributed by atoms with Crippen LogP contribution in [-0.4, -0.2) is 22.1 Å². The van der Waals surface area contributed by atoms with E-state index in [-0.39, 0.29) is 23.7 Å². The minimum atomic E-state index is -0.314. The highest BCUT2D eigenvalue weighted by Gasteiger charge is 2.26. The predicted molar refractivity (Wildman–Crippen MR) is 64.9 cm³/mol. The number of rotatable bonds is 3. The van der Waals surface area contributed by atoms with Gasteiger partial charge in [-0.3, -0.25) is 4.79 Å². The normalized spacial score (nSPS) is 13.8. The minimum absolute atomic E-state index is 0.0336. The Morgan fingerprint density at radius 3 is 2.74 bits per heavy atom. The Bertz CT molecular complexity index is 650. The zero-order chi connectivity index (χ0) is 13.2. The van der Waals surface area contributed by atoms with Crippen molar-refractivity contribution < 1.29 is 9.32 Å². The molecule has 1 heterocycles. The first-order valence-corrected chi connectivity index (χ1v) is 5.91. The molecule has 1 aliphatic rings. The monoisotopic (exact) mass is 254 g/mol. The van der Waals surface area contributed by atoms with E-state index >= 15 is 0 Å². The first-order valence-electron chi connectivity index (χ1n) is 5.91. The van der Waals surface area contributed by atoms with Gasteiger partial charge in [0, 0.05) is 11.6 Å². The molecule has 0 saturated heterocycles. The molecule has 2 aromatic rings. The molecule has 1 aromatic carbocycles. The Balaban J connectivity index is 1.79. The fourth-order valence-corrected chi connectivity index (χ4v) is 1.60. The van der Waals surface area contributed by atoms with Crippen LogP contribution >= 0.6 is 0 Å². The second-order valence-corrected chi connectivity index (χ2v) is 4.36. The number of nitrogens with one attached hydrogen (secondary N) is 1. The summed E-state index contributed by atoms with van der Waals surface area (Å²) in [6.45, 7) is 0. The number of hydrogen-bond acceptors (Lipinski definition) is 5. The quantitative estimate of drug-likeness (QED) is 0.896. The zero-order valence-corrected chi connectivity index (χ0v) is 9.96. The van der Waals surface area contributed by atoms with E-state index in [1.165, 1.54) is 0 Å². The van der Waals surface area contributed by atoms with Crippen LogP contribution in [0, 0.1) is 11.3 Å². The van der Waals surface area contributed by atoms with E-state index in [2.05, 4.69) is 15.5 Å². The zero-order valence-electron chi connectivity index (χ0n) is 9.96. The molecule has 1 aromatic heterocycles. The Morgan fingerprint density at radius 2 is 2.11 bits per heavy atom. The predicted octanol–water partition coefficient (Wildman–Crippen LogP) is 1.50. The van der Waals surface area contributed by atoms with Crippen molar-refractivity contribution in [3.05, 3.63) is 35.7 Å².